The van der Waals surface area contributed by atoms with E-state index in [-0.39, 0.29) is 5.69 Å². The van der Waals surface area contributed by atoms with Crippen LogP contribution in [0.4, 0.5) is 31.8 Å². The minimum absolute atomic E-state index is 0.123. The number of anilines is 4. The number of ketones is 1. The second-order valence-corrected chi connectivity index (χ2v) is 9.60. The van der Waals surface area contributed by atoms with Crippen molar-refractivity contribution in [2.75, 3.05) is 49.8 Å². The summed E-state index contributed by atoms with van der Waals surface area (Å²) >= 11 is 0. The number of alkyl halides is 2. The molecule has 0 radical (unpaired) electrons. The van der Waals surface area contributed by atoms with Gasteiger partial charge in [0.05, 0.1) is 17.1 Å². The zero-order valence-electron chi connectivity index (χ0n) is 22.5. The molecule has 1 amide bonds. The highest BCUT2D eigenvalue weighted by Crippen LogP contribution is 2.32. The van der Waals surface area contributed by atoms with Crippen LogP contribution in [0.5, 0.6) is 0 Å². The van der Waals surface area contributed by atoms with Crippen LogP contribution in [0.2, 0.25) is 0 Å². The predicted octanol–water partition coefficient (Wildman–Crippen LogP) is 4.54. The number of rotatable bonds is 10. The molecule has 0 bridgehead atoms. The molecule has 0 unspecified atom stereocenters. The quantitative estimate of drug-likeness (QED) is 0.288. The van der Waals surface area contributed by atoms with Crippen molar-refractivity contribution in [3.8, 4) is 11.3 Å². The van der Waals surface area contributed by atoms with E-state index in [1.807, 2.05) is 72.0 Å². The summed E-state index contributed by atoms with van der Waals surface area (Å²) in [5.74, 6) is -7.08. The van der Waals surface area contributed by atoms with Gasteiger partial charge in [0, 0.05) is 68.7 Å². The van der Waals surface area contributed by atoms with Crippen LogP contribution in [0, 0.1) is 0 Å². The van der Waals surface area contributed by atoms with E-state index in [1.165, 1.54) is 6.07 Å². The van der Waals surface area contributed by atoms with E-state index < -0.39 is 17.6 Å². The molecule has 0 fully saturated rings. The molecule has 39 heavy (non-hydrogen) atoms. The van der Waals surface area contributed by atoms with Gasteiger partial charge >= 0.3 is 11.8 Å². The van der Waals surface area contributed by atoms with Crippen molar-refractivity contribution in [2.24, 2.45) is 7.05 Å². The first-order chi connectivity index (χ1) is 18.5. The fraction of sp³-hybridized carbons (Fsp3) is 0.286. The fourth-order valence-electron chi connectivity index (χ4n) is 4.12. The molecule has 204 valence electrons. The summed E-state index contributed by atoms with van der Waals surface area (Å²) in [5.41, 5.74) is 3.82. The standard InChI is InChI=1S/C28H31F2N7O2/c1-18(38)28(29,30)26(39)33-23-16-19(10-11-25(23)36(4)15-14-35(2)3)32-27-31-13-12-22(34-27)21-17-37(5)24-9-7-6-8-20(21)24/h6-13,16-17H,14-15H2,1-5H3,(H,33,39)(H,31,32,34). The molecular formula is C28H31F2N7O2. The Kier molecular flexibility index (Phi) is 7.91. The summed E-state index contributed by atoms with van der Waals surface area (Å²) in [5, 5.41) is 6.38. The highest BCUT2D eigenvalue weighted by molar-refractivity contribution is 6.13. The number of halogens is 2. The number of nitrogens with zero attached hydrogens (tertiary/aromatic N) is 5. The number of para-hydroxylation sites is 1. The average molecular weight is 536 g/mol. The minimum atomic E-state index is -4.15. The number of amides is 1. The van der Waals surface area contributed by atoms with E-state index in [0.29, 0.717) is 43.0 Å². The topological polar surface area (TPSA) is 95.4 Å². The van der Waals surface area contributed by atoms with Gasteiger partial charge in [0.2, 0.25) is 11.7 Å². The van der Waals surface area contributed by atoms with Gasteiger partial charge in [-0.05, 0) is 44.4 Å². The Hall–Kier alpha value is -4.38. The Morgan fingerprint density at radius 2 is 1.79 bits per heavy atom. The lowest BCUT2D eigenvalue weighted by molar-refractivity contribution is -0.153. The third-order valence-corrected chi connectivity index (χ3v) is 6.35. The van der Waals surface area contributed by atoms with Crippen LogP contribution in [0.15, 0.2) is 60.9 Å². The summed E-state index contributed by atoms with van der Waals surface area (Å²) in [7, 11) is 7.60. The first kappa shape index (κ1) is 27.6. The fourth-order valence-corrected chi connectivity index (χ4v) is 4.12. The second-order valence-electron chi connectivity index (χ2n) is 9.60. The number of hydrogen-bond donors (Lipinski definition) is 2. The largest absolute Gasteiger partial charge is 0.381 e. The Balaban J connectivity index is 1.66. The monoisotopic (exact) mass is 535 g/mol. The maximum atomic E-state index is 14.2. The highest BCUT2D eigenvalue weighted by Gasteiger charge is 2.44. The zero-order valence-corrected chi connectivity index (χ0v) is 22.5. The predicted molar refractivity (Wildman–Crippen MR) is 150 cm³/mol. The van der Waals surface area contributed by atoms with Crippen LogP contribution >= 0.6 is 0 Å². The number of likely N-dealkylation sites (N-methyl/N-ethyl adjacent to an activating group) is 2. The van der Waals surface area contributed by atoms with Gasteiger partial charge in [-0.25, -0.2) is 9.97 Å². The molecule has 4 aromatic rings. The summed E-state index contributed by atoms with van der Waals surface area (Å²) in [6.07, 6.45) is 3.63. The summed E-state index contributed by atoms with van der Waals surface area (Å²) in [6, 6.07) is 14.8. The maximum absolute atomic E-state index is 14.2. The van der Waals surface area contributed by atoms with Crippen molar-refractivity contribution in [3.63, 3.8) is 0 Å². The molecule has 0 spiro atoms. The van der Waals surface area contributed by atoms with Gasteiger partial charge in [0.1, 0.15) is 0 Å². The zero-order chi connectivity index (χ0) is 28.3. The summed E-state index contributed by atoms with van der Waals surface area (Å²) < 4.78 is 30.3. The van der Waals surface area contributed by atoms with Gasteiger partial charge in [0.25, 0.3) is 0 Å². The number of aryl methyl sites for hydroxylation is 1. The van der Waals surface area contributed by atoms with Crippen LogP contribution in [0.3, 0.4) is 0 Å². The van der Waals surface area contributed by atoms with E-state index in [1.54, 1.807) is 25.4 Å². The first-order valence-corrected chi connectivity index (χ1v) is 12.3. The van der Waals surface area contributed by atoms with Gasteiger partial charge in [0.15, 0.2) is 0 Å². The maximum Gasteiger partial charge on any atom is 0.381 e. The Morgan fingerprint density at radius 1 is 1.05 bits per heavy atom. The molecule has 0 aliphatic carbocycles. The van der Waals surface area contributed by atoms with Gasteiger partial charge in [-0.2, -0.15) is 8.78 Å². The number of carbonyl (C=O) groups is 2. The van der Waals surface area contributed by atoms with Gasteiger partial charge in [-0.3, -0.25) is 9.59 Å². The van der Waals surface area contributed by atoms with Crippen LogP contribution in [0.25, 0.3) is 22.2 Å². The molecule has 2 aromatic carbocycles. The molecule has 0 saturated heterocycles. The minimum Gasteiger partial charge on any atom is -0.372 e. The SMILES string of the molecule is CC(=O)C(F)(F)C(=O)Nc1cc(Nc2nccc(-c3cn(C)c4ccccc34)n2)ccc1N(C)CCN(C)C. The van der Waals surface area contributed by atoms with Gasteiger partial charge in [-0.1, -0.05) is 18.2 Å². The third-order valence-electron chi connectivity index (χ3n) is 6.35. The van der Waals surface area contributed by atoms with Crippen LogP contribution < -0.4 is 15.5 Å². The number of carbonyl (C=O) groups excluding carboxylic acids is 2. The molecule has 0 atom stereocenters. The van der Waals surface area contributed by atoms with Crippen molar-refractivity contribution in [3.05, 3.63) is 60.9 Å². The number of aromatic nitrogens is 3. The molecule has 0 aliphatic rings. The van der Waals surface area contributed by atoms with Crippen molar-refractivity contribution in [2.45, 2.75) is 12.8 Å². The van der Waals surface area contributed by atoms with Crippen molar-refractivity contribution in [1.82, 2.24) is 19.4 Å². The van der Waals surface area contributed by atoms with E-state index in [4.69, 9.17) is 0 Å². The number of nitrogens with one attached hydrogen (secondary N) is 2. The van der Waals surface area contributed by atoms with E-state index >= 15 is 0 Å². The Morgan fingerprint density at radius 3 is 2.51 bits per heavy atom. The number of benzene rings is 2. The first-order valence-electron chi connectivity index (χ1n) is 12.3. The summed E-state index contributed by atoms with van der Waals surface area (Å²) in [6.45, 7) is 1.95. The average Bonchev–Trinajstić information content (AvgIpc) is 3.24. The third kappa shape index (κ3) is 6.04. The lowest BCUT2D eigenvalue weighted by atomic mass is 10.1. The second kappa shape index (κ2) is 11.2. The van der Waals surface area contributed by atoms with Crippen molar-refractivity contribution in [1.29, 1.82) is 0 Å². The van der Waals surface area contributed by atoms with E-state index in [0.717, 1.165) is 16.5 Å². The van der Waals surface area contributed by atoms with Gasteiger partial charge in [-0.15, -0.1) is 0 Å². The van der Waals surface area contributed by atoms with Crippen molar-refractivity contribution >= 4 is 45.6 Å². The molecule has 11 heteroatoms. The molecular weight excluding hydrogens is 504 g/mol. The summed E-state index contributed by atoms with van der Waals surface area (Å²) in [4.78, 5) is 36.5. The molecule has 2 heterocycles. The number of fused-ring (bicyclic) bond motifs is 1. The van der Waals surface area contributed by atoms with E-state index in [2.05, 4.69) is 20.6 Å². The van der Waals surface area contributed by atoms with Crippen molar-refractivity contribution < 1.29 is 18.4 Å². The lowest BCUT2D eigenvalue weighted by Crippen LogP contribution is -2.41. The lowest BCUT2D eigenvalue weighted by Gasteiger charge is -2.25. The van der Waals surface area contributed by atoms with E-state index in [9.17, 15) is 18.4 Å². The molecule has 0 saturated carbocycles. The molecule has 2 aromatic heterocycles. The van der Waals surface area contributed by atoms with Crippen LogP contribution in [0.1, 0.15) is 6.92 Å². The van der Waals surface area contributed by atoms with Gasteiger partial charge < -0.3 is 25.0 Å². The number of Topliss-reactive ketones (excluding diaryl/α,β-unsaturated/α-hetero) is 1. The van der Waals surface area contributed by atoms with Crippen LogP contribution in [-0.4, -0.2) is 71.3 Å². The number of hydrogen-bond acceptors (Lipinski definition) is 7. The Labute approximate surface area is 225 Å². The molecule has 2 N–H and O–H groups in total. The molecule has 0 aliphatic heterocycles. The Bertz CT molecular complexity index is 1520. The molecule has 4 rings (SSSR count). The van der Waals surface area contributed by atoms with Crippen LogP contribution in [-0.2, 0) is 16.6 Å². The smallest absolute Gasteiger partial charge is 0.372 e. The highest BCUT2D eigenvalue weighted by atomic mass is 19.3. The molecule has 9 nitrogen and oxygen atoms in total. The normalized spacial score (nSPS) is 11.6.